The Labute approximate surface area is 85.1 Å². The van der Waals surface area contributed by atoms with Gasteiger partial charge in [-0.2, -0.15) is 0 Å². The molecule has 76 valence electrons. The van der Waals surface area contributed by atoms with E-state index in [2.05, 4.69) is 0 Å². The molecule has 0 amide bonds. The summed E-state index contributed by atoms with van der Waals surface area (Å²) >= 11 is 5.70. The van der Waals surface area contributed by atoms with Crippen LogP contribution in [0.2, 0.25) is 5.02 Å². The van der Waals surface area contributed by atoms with Gasteiger partial charge in [-0.25, -0.2) is 4.39 Å². The van der Waals surface area contributed by atoms with Crippen molar-refractivity contribution in [2.24, 2.45) is 0 Å². The Hall–Kier alpha value is -1.29. The fraction of sp³-hybridized carbons (Fsp3) is 0.222. The summed E-state index contributed by atoms with van der Waals surface area (Å²) in [5.41, 5.74) is 0.0447. The van der Waals surface area contributed by atoms with E-state index in [-0.39, 0.29) is 16.3 Å². The van der Waals surface area contributed by atoms with Gasteiger partial charge in [0.2, 0.25) is 0 Å². The smallest absolute Gasteiger partial charge is 0.307 e. The molecule has 0 aliphatic rings. The van der Waals surface area contributed by atoms with Crippen LogP contribution in [0.4, 0.5) is 4.39 Å². The van der Waals surface area contributed by atoms with E-state index < -0.39 is 18.2 Å². The van der Waals surface area contributed by atoms with E-state index in [0.29, 0.717) is 0 Å². The molecule has 5 heteroatoms. The van der Waals surface area contributed by atoms with Crippen molar-refractivity contribution in [3.8, 4) is 5.75 Å². The number of ether oxygens (including phenoxy) is 1. The summed E-state index contributed by atoms with van der Waals surface area (Å²) in [6, 6.07) is 2.32. The number of carbonyl (C=O) groups is 1. The molecule has 1 aromatic carbocycles. The first-order chi connectivity index (χ1) is 6.54. The van der Waals surface area contributed by atoms with Gasteiger partial charge >= 0.3 is 5.97 Å². The van der Waals surface area contributed by atoms with Crippen LogP contribution in [0.25, 0.3) is 0 Å². The minimum Gasteiger partial charge on any atom is -0.495 e. The molecular weight excluding hydrogens is 211 g/mol. The fourth-order valence-corrected chi connectivity index (χ4v) is 1.29. The van der Waals surface area contributed by atoms with Gasteiger partial charge in [0.25, 0.3) is 0 Å². The zero-order valence-corrected chi connectivity index (χ0v) is 8.14. The molecule has 0 saturated heterocycles. The molecule has 0 aliphatic heterocycles. The lowest BCUT2D eigenvalue weighted by Gasteiger charge is -2.05. The Morgan fingerprint density at radius 1 is 1.64 bits per heavy atom. The molecule has 14 heavy (non-hydrogen) atoms. The second-order valence-corrected chi connectivity index (χ2v) is 3.06. The summed E-state index contributed by atoms with van der Waals surface area (Å²) in [6.45, 7) is 0. The maximum absolute atomic E-state index is 13.2. The maximum atomic E-state index is 13.2. The van der Waals surface area contributed by atoms with Crippen molar-refractivity contribution in [3.63, 3.8) is 0 Å². The predicted molar refractivity (Wildman–Crippen MR) is 49.3 cm³/mol. The largest absolute Gasteiger partial charge is 0.495 e. The van der Waals surface area contributed by atoms with Crippen LogP contribution in [-0.4, -0.2) is 18.2 Å². The number of hydrogen-bond acceptors (Lipinski definition) is 2. The van der Waals surface area contributed by atoms with Crippen molar-refractivity contribution in [1.29, 1.82) is 0 Å². The van der Waals surface area contributed by atoms with Crippen molar-refractivity contribution < 1.29 is 19.0 Å². The van der Waals surface area contributed by atoms with Gasteiger partial charge in [0.15, 0.2) is 0 Å². The minimum absolute atomic E-state index is 0.0447. The Balaban J connectivity index is 3.08. The van der Waals surface area contributed by atoms with Gasteiger partial charge in [-0.15, -0.1) is 0 Å². The Morgan fingerprint density at radius 3 is 2.79 bits per heavy atom. The molecule has 0 fully saturated rings. The molecule has 1 N–H and O–H groups in total. The van der Waals surface area contributed by atoms with E-state index in [4.69, 9.17) is 21.4 Å². The van der Waals surface area contributed by atoms with Crippen LogP contribution in [0, 0.1) is 5.82 Å². The van der Waals surface area contributed by atoms with E-state index in [9.17, 15) is 9.18 Å². The summed E-state index contributed by atoms with van der Waals surface area (Å²) < 4.78 is 17.9. The standard InChI is InChI=1S/C9H8ClFO3/c1-14-8-4-7(11)5(2-6(8)10)3-9(12)13/h2,4H,3H2,1H3,(H,12,13). The van der Waals surface area contributed by atoms with Crippen molar-refractivity contribution in [2.45, 2.75) is 6.42 Å². The van der Waals surface area contributed by atoms with Gasteiger partial charge in [-0.1, -0.05) is 11.6 Å². The van der Waals surface area contributed by atoms with E-state index >= 15 is 0 Å². The molecule has 0 aromatic heterocycles. The average Bonchev–Trinajstić information content (AvgIpc) is 2.10. The van der Waals surface area contributed by atoms with Gasteiger partial charge in [0, 0.05) is 11.6 Å². The summed E-state index contributed by atoms with van der Waals surface area (Å²) in [7, 11) is 1.36. The van der Waals surface area contributed by atoms with Crippen molar-refractivity contribution in [3.05, 3.63) is 28.5 Å². The lowest BCUT2D eigenvalue weighted by atomic mass is 10.1. The molecule has 1 aromatic rings. The van der Waals surface area contributed by atoms with E-state index in [0.717, 1.165) is 6.07 Å². The summed E-state index contributed by atoms with van der Waals surface area (Å²) in [6.07, 6.45) is -0.393. The van der Waals surface area contributed by atoms with E-state index in [1.54, 1.807) is 0 Å². The van der Waals surface area contributed by atoms with Crippen LogP contribution in [0.5, 0.6) is 5.75 Å². The van der Waals surface area contributed by atoms with Gasteiger partial charge in [0.05, 0.1) is 18.6 Å². The molecule has 0 aliphatic carbocycles. The highest BCUT2D eigenvalue weighted by Gasteiger charge is 2.11. The maximum Gasteiger partial charge on any atom is 0.307 e. The van der Waals surface area contributed by atoms with Crippen LogP contribution >= 0.6 is 11.6 Å². The SMILES string of the molecule is COc1cc(F)c(CC(=O)O)cc1Cl. The van der Waals surface area contributed by atoms with Crippen LogP contribution in [-0.2, 0) is 11.2 Å². The van der Waals surface area contributed by atoms with Crippen LogP contribution in [0.1, 0.15) is 5.56 Å². The number of carboxylic acids is 1. The number of halogens is 2. The third-order valence-corrected chi connectivity index (χ3v) is 1.96. The third-order valence-electron chi connectivity index (χ3n) is 1.66. The first-order valence-electron chi connectivity index (χ1n) is 3.78. The second kappa shape index (κ2) is 4.28. The number of hydrogen-bond donors (Lipinski definition) is 1. The van der Waals surface area contributed by atoms with Crippen LogP contribution in [0.15, 0.2) is 12.1 Å². The van der Waals surface area contributed by atoms with Crippen molar-refractivity contribution >= 4 is 17.6 Å². The molecule has 0 bridgehead atoms. The van der Waals surface area contributed by atoms with Crippen LogP contribution < -0.4 is 4.74 Å². The monoisotopic (exact) mass is 218 g/mol. The second-order valence-electron chi connectivity index (χ2n) is 2.65. The first-order valence-corrected chi connectivity index (χ1v) is 4.16. The minimum atomic E-state index is -1.11. The molecule has 0 heterocycles. The molecular formula is C9H8ClFO3. The summed E-state index contributed by atoms with van der Waals surface area (Å²) in [5.74, 6) is -1.54. The van der Waals surface area contributed by atoms with Gasteiger partial charge in [-0.05, 0) is 6.07 Å². The van der Waals surface area contributed by atoms with Gasteiger partial charge in [0.1, 0.15) is 11.6 Å². The quantitative estimate of drug-likeness (QED) is 0.845. The molecule has 0 unspecified atom stereocenters. The summed E-state index contributed by atoms with van der Waals surface area (Å²) in [5, 5.41) is 8.67. The average molecular weight is 219 g/mol. The fourth-order valence-electron chi connectivity index (χ4n) is 1.02. The van der Waals surface area contributed by atoms with Crippen molar-refractivity contribution in [1.82, 2.24) is 0 Å². The molecule has 0 spiro atoms. The predicted octanol–water partition coefficient (Wildman–Crippen LogP) is 2.11. The molecule has 0 saturated carbocycles. The number of benzene rings is 1. The van der Waals surface area contributed by atoms with Crippen LogP contribution in [0.3, 0.4) is 0 Å². The summed E-state index contributed by atoms with van der Waals surface area (Å²) in [4.78, 5) is 10.3. The highest BCUT2D eigenvalue weighted by Crippen LogP contribution is 2.27. The molecule has 3 nitrogen and oxygen atoms in total. The number of aliphatic carboxylic acids is 1. The van der Waals surface area contributed by atoms with E-state index in [1.165, 1.54) is 13.2 Å². The Morgan fingerprint density at radius 2 is 2.29 bits per heavy atom. The normalized spacial score (nSPS) is 9.93. The van der Waals surface area contributed by atoms with Gasteiger partial charge in [-0.3, -0.25) is 4.79 Å². The third kappa shape index (κ3) is 2.35. The molecule has 0 atom stereocenters. The molecule has 0 radical (unpaired) electrons. The number of carboxylic acid groups (broad SMARTS) is 1. The Kier molecular flexibility index (Phi) is 3.30. The molecule has 1 rings (SSSR count). The lowest BCUT2D eigenvalue weighted by Crippen LogP contribution is -2.03. The van der Waals surface area contributed by atoms with Gasteiger partial charge < -0.3 is 9.84 Å². The first kappa shape index (κ1) is 10.8. The zero-order chi connectivity index (χ0) is 10.7. The highest BCUT2D eigenvalue weighted by molar-refractivity contribution is 6.32. The van der Waals surface area contributed by atoms with E-state index in [1.807, 2.05) is 0 Å². The number of methoxy groups -OCH3 is 1. The highest BCUT2D eigenvalue weighted by atomic mass is 35.5. The zero-order valence-electron chi connectivity index (χ0n) is 7.38. The Bertz CT molecular complexity index is 365. The number of rotatable bonds is 3. The lowest BCUT2D eigenvalue weighted by molar-refractivity contribution is -0.136. The topological polar surface area (TPSA) is 46.5 Å². The van der Waals surface area contributed by atoms with Crippen molar-refractivity contribution in [2.75, 3.05) is 7.11 Å².